The van der Waals surface area contributed by atoms with Gasteiger partial charge in [0.1, 0.15) is 11.5 Å². The van der Waals surface area contributed by atoms with Crippen LogP contribution in [-0.2, 0) is 9.59 Å². The number of hydrogen-bond acceptors (Lipinski definition) is 4. The third-order valence-electron chi connectivity index (χ3n) is 3.54. The number of nitrogens with one attached hydrogen (secondary N) is 2. The average molecular weight is 411 g/mol. The standard InChI is InChI=1S/C19H20Cl2N2O4/c1-12-10-14(21)6-9-16(12)26-11-17(24)22-23-18(25)19(2,3)27-15-7-4-13(20)5-8-15/h4-10H,11H2,1-3H3,(H,22,24)(H,23,25). The van der Waals surface area contributed by atoms with Crippen LogP contribution in [0.4, 0.5) is 0 Å². The molecule has 0 aromatic heterocycles. The molecule has 144 valence electrons. The maximum Gasteiger partial charge on any atom is 0.281 e. The second-order valence-electron chi connectivity index (χ2n) is 6.27. The minimum atomic E-state index is -1.21. The number of aryl methyl sites for hydroxylation is 1. The summed E-state index contributed by atoms with van der Waals surface area (Å²) in [5.74, 6) is -0.0202. The lowest BCUT2D eigenvalue weighted by Gasteiger charge is -2.25. The van der Waals surface area contributed by atoms with Gasteiger partial charge in [-0.1, -0.05) is 23.2 Å². The molecule has 0 spiro atoms. The molecule has 8 heteroatoms. The van der Waals surface area contributed by atoms with Crippen LogP contribution in [0.25, 0.3) is 0 Å². The quantitative estimate of drug-likeness (QED) is 0.711. The fraction of sp³-hybridized carbons (Fsp3) is 0.263. The van der Waals surface area contributed by atoms with E-state index in [0.29, 0.717) is 21.5 Å². The van der Waals surface area contributed by atoms with E-state index in [9.17, 15) is 9.59 Å². The molecule has 0 atom stereocenters. The van der Waals surface area contributed by atoms with E-state index in [-0.39, 0.29) is 6.61 Å². The first kappa shape index (κ1) is 20.9. The van der Waals surface area contributed by atoms with Crippen molar-refractivity contribution >= 4 is 35.0 Å². The van der Waals surface area contributed by atoms with Crippen LogP contribution in [0, 0.1) is 6.92 Å². The molecule has 0 aliphatic carbocycles. The van der Waals surface area contributed by atoms with Crippen molar-refractivity contribution < 1.29 is 19.1 Å². The van der Waals surface area contributed by atoms with Crippen molar-refractivity contribution in [1.29, 1.82) is 0 Å². The van der Waals surface area contributed by atoms with Gasteiger partial charge in [0.2, 0.25) is 0 Å². The summed E-state index contributed by atoms with van der Waals surface area (Å²) in [6.07, 6.45) is 0. The molecule has 6 nitrogen and oxygen atoms in total. The molecule has 0 aliphatic rings. The third-order valence-corrected chi connectivity index (χ3v) is 4.03. The highest BCUT2D eigenvalue weighted by atomic mass is 35.5. The summed E-state index contributed by atoms with van der Waals surface area (Å²) in [7, 11) is 0. The van der Waals surface area contributed by atoms with Crippen molar-refractivity contribution in [2.24, 2.45) is 0 Å². The van der Waals surface area contributed by atoms with Gasteiger partial charge in [0.15, 0.2) is 12.2 Å². The van der Waals surface area contributed by atoms with Crippen LogP contribution in [0.5, 0.6) is 11.5 Å². The topological polar surface area (TPSA) is 76.7 Å². The Morgan fingerprint density at radius 3 is 2.26 bits per heavy atom. The minimum Gasteiger partial charge on any atom is -0.483 e. The van der Waals surface area contributed by atoms with Gasteiger partial charge in [0, 0.05) is 10.0 Å². The van der Waals surface area contributed by atoms with Gasteiger partial charge in [-0.05, 0) is 68.8 Å². The van der Waals surface area contributed by atoms with Crippen LogP contribution in [0.1, 0.15) is 19.4 Å². The van der Waals surface area contributed by atoms with Crippen molar-refractivity contribution in [2.75, 3.05) is 6.61 Å². The molecule has 0 heterocycles. The highest BCUT2D eigenvalue weighted by Gasteiger charge is 2.30. The fourth-order valence-electron chi connectivity index (χ4n) is 2.07. The summed E-state index contributed by atoms with van der Waals surface area (Å²) in [6, 6.07) is 11.7. The van der Waals surface area contributed by atoms with Crippen molar-refractivity contribution in [2.45, 2.75) is 26.4 Å². The number of hydrogen-bond donors (Lipinski definition) is 2. The third kappa shape index (κ3) is 6.34. The summed E-state index contributed by atoms with van der Waals surface area (Å²) in [5, 5.41) is 1.15. The average Bonchev–Trinajstić information content (AvgIpc) is 2.60. The van der Waals surface area contributed by atoms with Gasteiger partial charge in [-0.15, -0.1) is 0 Å². The number of ether oxygens (including phenoxy) is 2. The zero-order valence-corrected chi connectivity index (χ0v) is 16.6. The first-order valence-corrected chi connectivity index (χ1v) is 8.86. The van der Waals surface area contributed by atoms with Crippen molar-refractivity contribution in [3.05, 3.63) is 58.1 Å². The molecular weight excluding hydrogens is 391 g/mol. The van der Waals surface area contributed by atoms with Gasteiger partial charge >= 0.3 is 0 Å². The molecule has 0 unspecified atom stereocenters. The Balaban J connectivity index is 1.82. The Labute approximate surface area is 167 Å². The maximum atomic E-state index is 12.3. The lowest BCUT2D eigenvalue weighted by atomic mass is 10.1. The van der Waals surface area contributed by atoms with Crippen LogP contribution >= 0.6 is 23.2 Å². The van der Waals surface area contributed by atoms with Gasteiger partial charge < -0.3 is 9.47 Å². The molecule has 0 saturated carbocycles. The number of hydrazine groups is 1. The molecule has 0 fully saturated rings. The van der Waals surface area contributed by atoms with E-state index >= 15 is 0 Å². The van der Waals surface area contributed by atoms with E-state index in [0.717, 1.165) is 5.56 Å². The number of amides is 2. The van der Waals surface area contributed by atoms with Crippen molar-refractivity contribution in [1.82, 2.24) is 10.9 Å². The van der Waals surface area contributed by atoms with Crippen molar-refractivity contribution in [3.63, 3.8) is 0 Å². The summed E-state index contributed by atoms with van der Waals surface area (Å²) in [4.78, 5) is 24.2. The molecule has 0 bridgehead atoms. The summed E-state index contributed by atoms with van der Waals surface area (Å²) in [5.41, 5.74) is 4.21. The number of carbonyl (C=O) groups is 2. The molecule has 2 N–H and O–H groups in total. The van der Waals surface area contributed by atoms with E-state index < -0.39 is 17.4 Å². The van der Waals surface area contributed by atoms with Crippen LogP contribution in [0.3, 0.4) is 0 Å². The Morgan fingerprint density at radius 1 is 1.00 bits per heavy atom. The molecule has 2 amide bonds. The minimum absolute atomic E-state index is 0.263. The SMILES string of the molecule is Cc1cc(Cl)ccc1OCC(=O)NNC(=O)C(C)(C)Oc1ccc(Cl)cc1. The first-order chi connectivity index (χ1) is 12.7. The Bertz CT molecular complexity index is 823. The Hall–Kier alpha value is -2.44. The van der Waals surface area contributed by atoms with Gasteiger partial charge in [-0.3, -0.25) is 20.4 Å². The number of halogens is 2. The molecule has 2 rings (SSSR count). The molecular formula is C19H20Cl2N2O4. The molecule has 27 heavy (non-hydrogen) atoms. The summed E-state index contributed by atoms with van der Waals surface area (Å²) < 4.78 is 11.1. The Kier molecular flexibility index (Phi) is 6.93. The van der Waals surface area contributed by atoms with Gasteiger partial charge in [-0.25, -0.2) is 0 Å². The molecule has 0 radical (unpaired) electrons. The van der Waals surface area contributed by atoms with Crippen LogP contribution in [0.2, 0.25) is 10.0 Å². The number of rotatable bonds is 6. The monoisotopic (exact) mass is 410 g/mol. The van der Waals surface area contributed by atoms with E-state index in [4.69, 9.17) is 32.7 Å². The van der Waals surface area contributed by atoms with Crippen LogP contribution < -0.4 is 20.3 Å². The van der Waals surface area contributed by atoms with E-state index in [1.165, 1.54) is 0 Å². The highest BCUT2D eigenvalue weighted by Crippen LogP contribution is 2.22. The van der Waals surface area contributed by atoms with Gasteiger partial charge in [0.05, 0.1) is 0 Å². The molecule has 2 aromatic rings. The van der Waals surface area contributed by atoms with Crippen molar-refractivity contribution in [3.8, 4) is 11.5 Å². The second kappa shape index (κ2) is 8.97. The lowest BCUT2D eigenvalue weighted by Crippen LogP contribution is -2.53. The second-order valence-corrected chi connectivity index (χ2v) is 7.14. The largest absolute Gasteiger partial charge is 0.483 e. The summed E-state index contributed by atoms with van der Waals surface area (Å²) >= 11 is 11.7. The van der Waals surface area contributed by atoms with E-state index in [2.05, 4.69) is 10.9 Å². The highest BCUT2D eigenvalue weighted by molar-refractivity contribution is 6.30. The molecule has 0 aliphatic heterocycles. The number of carbonyl (C=O) groups excluding carboxylic acids is 2. The van der Waals surface area contributed by atoms with E-state index in [1.807, 2.05) is 6.92 Å². The van der Waals surface area contributed by atoms with Crippen LogP contribution in [-0.4, -0.2) is 24.0 Å². The predicted molar refractivity (Wildman–Crippen MR) is 104 cm³/mol. The normalized spacial score (nSPS) is 10.9. The van der Waals surface area contributed by atoms with Gasteiger partial charge in [0.25, 0.3) is 11.8 Å². The fourth-order valence-corrected chi connectivity index (χ4v) is 2.43. The first-order valence-electron chi connectivity index (χ1n) is 8.10. The predicted octanol–water partition coefficient (Wildman–Crippen LogP) is 3.69. The molecule has 2 aromatic carbocycles. The zero-order chi connectivity index (χ0) is 20.0. The smallest absolute Gasteiger partial charge is 0.281 e. The maximum absolute atomic E-state index is 12.3. The zero-order valence-electron chi connectivity index (χ0n) is 15.1. The van der Waals surface area contributed by atoms with Crippen LogP contribution in [0.15, 0.2) is 42.5 Å². The van der Waals surface area contributed by atoms with E-state index in [1.54, 1.807) is 56.3 Å². The lowest BCUT2D eigenvalue weighted by molar-refractivity contribution is -0.138. The summed E-state index contributed by atoms with van der Waals surface area (Å²) in [6.45, 7) is 4.71. The number of benzene rings is 2. The Morgan fingerprint density at radius 2 is 1.63 bits per heavy atom. The molecule has 0 saturated heterocycles. The van der Waals surface area contributed by atoms with Gasteiger partial charge in [-0.2, -0.15) is 0 Å².